The number of anilines is 3. The summed E-state index contributed by atoms with van der Waals surface area (Å²) < 4.78 is 1.81. The molecule has 0 aliphatic carbocycles. The fourth-order valence-corrected chi connectivity index (χ4v) is 2.86. The standard InChI is InChI=1S/C22H20N6O/c1-16-5-2-3-6-18(16)15-28-14-11-20(27-28)26-21(29)17-7-9-19(10-8-17)25-22-23-12-4-13-24-22/h2-14H,15H2,1H3,(H,23,24,25)(H,26,27,29). The number of carbonyl (C=O) groups is 1. The van der Waals surface area contributed by atoms with Gasteiger partial charge in [0.1, 0.15) is 0 Å². The number of amides is 1. The van der Waals surface area contributed by atoms with Crippen molar-refractivity contribution in [2.45, 2.75) is 13.5 Å². The number of aryl methyl sites for hydroxylation is 1. The van der Waals surface area contributed by atoms with Crippen molar-refractivity contribution in [2.24, 2.45) is 0 Å². The molecule has 0 fully saturated rings. The number of hydrogen-bond donors (Lipinski definition) is 2. The highest BCUT2D eigenvalue weighted by Gasteiger charge is 2.09. The summed E-state index contributed by atoms with van der Waals surface area (Å²) in [4.78, 5) is 20.7. The minimum absolute atomic E-state index is 0.214. The summed E-state index contributed by atoms with van der Waals surface area (Å²) in [6.07, 6.45) is 5.18. The summed E-state index contributed by atoms with van der Waals surface area (Å²) in [5.74, 6) is 0.806. The van der Waals surface area contributed by atoms with E-state index < -0.39 is 0 Å². The Morgan fingerprint density at radius 1 is 0.966 bits per heavy atom. The first kappa shape index (κ1) is 18.4. The van der Waals surface area contributed by atoms with Crippen LogP contribution < -0.4 is 10.6 Å². The second kappa shape index (κ2) is 8.35. The molecule has 7 nitrogen and oxygen atoms in total. The SMILES string of the molecule is Cc1ccccc1Cn1ccc(NC(=O)c2ccc(Nc3ncccn3)cc2)n1. The molecule has 1 amide bonds. The lowest BCUT2D eigenvalue weighted by Gasteiger charge is -2.07. The van der Waals surface area contributed by atoms with Gasteiger partial charge in [0, 0.05) is 35.9 Å². The molecule has 0 saturated heterocycles. The van der Waals surface area contributed by atoms with Gasteiger partial charge >= 0.3 is 0 Å². The van der Waals surface area contributed by atoms with Crippen molar-refractivity contribution < 1.29 is 4.79 Å². The van der Waals surface area contributed by atoms with E-state index in [9.17, 15) is 4.79 Å². The maximum atomic E-state index is 12.5. The van der Waals surface area contributed by atoms with Gasteiger partial charge in [-0.1, -0.05) is 24.3 Å². The molecule has 0 atom stereocenters. The second-order valence-electron chi connectivity index (χ2n) is 6.55. The normalized spacial score (nSPS) is 10.5. The Bertz CT molecular complexity index is 1110. The Hall–Kier alpha value is -4.00. The predicted octanol–water partition coefficient (Wildman–Crippen LogP) is 4.03. The van der Waals surface area contributed by atoms with Crippen LogP contribution in [-0.4, -0.2) is 25.7 Å². The monoisotopic (exact) mass is 384 g/mol. The first-order valence-electron chi connectivity index (χ1n) is 9.21. The van der Waals surface area contributed by atoms with Crippen molar-refractivity contribution in [1.82, 2.24) is 19.7 Å². The molecule has 0 radical (unpaired) electrons. The van der Waals surface area contributed by atoms with Gasteiger partial charge < -0.3 is 10.6 Å². The van der Waals surface area contributed by atoms with Crippen molar-refractivity contribution in [3.63, 3.8) is 0 Å². The number of nitrogens with one attached hydrogen (secondary N) is 2. The highest BCUT2D eigenvalue weighted by Crippen LogP contribution is 2.15. The van der Waals surface area contributed by atoms with E-state index in [1.54, 1.807) is 36.7 Å². The number of hydrogen-bond acceptors (Lipinski definition) is 5. The van der Waals surface area contributed by atoms with Crippen LogP contribution in [0.4, 0.5) is 17.5 Å². The summed E-state index contributed by atoms with van der Waals surface area (Å²) in [5, 5.41) is 10.4. The molecule has 144 valence electrons. The van der Waals surface area contributed by atoms with Crippen LogP contribution in [0.25, 0.3) is 0 Å². The summed E-state index contributed by atoms with van der Waals surface area (Å²) in [5.41, 5.74) is 3.75. The molecule has 29 heavy (non-hydrogen) atoms. The molecule has 0 unspecified atom stereocenters. The summed E-state index contributed by atoms with van der Waals surface area (Å²) in [6, 6.07) is 18.8. The molecule has 0 spiro atoms. The van der Waals surface area contributed by atoms with Gasteiger partial charge in [0.15, 0.2) is 5.82 Å². The van der Waals surface area contributed by atoms with Gasteiger partial charge in [0.2, 0.25) is 5.95 Å². The molecule has 4 aromatic rings. The molecule has 0 saturated carbocycles. The van der Waals surface area contributed by atoms with Crippen LogP contribution in [0, 0.1) is 6.92 Å². The molecule has 2 heterocycles. The zero-order chi connectivity index (χ0) is 20.1. The van der Waals surface area contributed by atoms with E-state index in [0.717, 1.165) is 5.69 Å². The third-order valence-electron chi connectivity index (χ3n) is 4.44. The van der Waals surface area contributed by atoms with Crippen LogP contribution in [0.5, 0.6) is 0 Å². The molecule has 0 bridgehead atoms. The molecule has 2 aromatic carbocycles. The lowest BCUT2D eigenvalue weighted by molar-refractivity contribution is 0.102. The third kappa shape index (κ3) is 4.65. The van der Waals surface area contributed by atoms with Crippen molar-refractivity contribution in [3.8, 4) is 0 Å². The van der Waals surface area contributed by atoms with E-state index in [1.807, 2.05) is 35.1 Å². The molecule has 0 aliphatic heterocycles. The van der Waals surface area contributed by atoms with E-state index in [0.29, 0.717) is 23.9 Å². The van der Waals surface area contributed by atoms with Gasteiger partial charge in [-0.15, -0.1) is 0 Å². The molecular formula is C22H20N6O. The number of nitrogens with zero attached hydrogens (tertiary/aromatic N) is 4. The molecule has 0 aliphatic rings. The Labute approximate surface area is 168 Å². The van der Waals surface area contributed by atoms with Gasteiger partial charge in [-0.2, -0.15) is 5.10 Å². The largest absolute Gasteiger partial charge is 0.324 e. The lowest BCUT2D eigenvalue weighted by Crippen LogP contribution is -2.13. The number of benzene rings is 2. The third-order valence-corrected chi connectivity index (χ3v) is 4.44. The first-order chi connectivity index (χ1) is 14.2. The average Bonchev–Trinajstić information content (AvgIpc) is 3.18. The fourth-order valence-electron chi connectivity index (χ4n) is 2.86. The van der Waals surface area contributed by atoms with E-state index in [1.165, 1.54) is 11.1 Å². The minimum atomic E-state index is -0.214. The van der Waals surface area contributed by atoms with E-state index in [2.05, 4.69) is 44.8 Å². The highest BCUT2D eigenvalue weighted by atomic mass is 16.1. The van der Waals surface area contributed by atoms with Crippen molar-refractivity contribution >= 4 is 23.4 Å². The maximum absolute atomic E-state index is 12.5. The van der Waals surface area contributed by atoms with Gasteiger partial charge in [0.05, 0.1) is 6.54 Å². The van der Waals surface area contributed by atoms with E-state index >= 15 is 0 Å². The summed E-state index contributed by atoms with van der Waals surface area (Å²) in [7, 11) is 0. The van der Waals surface area contributed by atoms with Gasteiger partial charge in [-0.05, 0) is 48.4 Å². The van der Waals surface area contributed by atoms with Gasteiger partial charge in [-0.3, -0.25) is 9.48 Å². The van der Waals surface area contributed by atoms with Gasteiger partial charge in [-0.25, -0.2) is 9.97 Å². The van der Waals surface area contributed by atoms with Crippen LogP contribution in [0.3, 0.4) is 0 Å². The first-order valence-corrected chi connectivity index (χ1v) is 9.21. The highest BCUT2D eigenvalue weighted by molar-refractivity contribution is 6.03. The van der Waals surface area contributed by atoms with Crippen molar-refractivity contribution in [1.29, 1.82) is 0 Å². The molecule has 2 aromatic heterocycles. The Kier molecular flexibility index (Phi) is 5.29. The number of aromatic nitrogens is 4. The maximum Gasteiger partial charge on any atom is 0.256 e. The molecule has 2 N–H and O–H groups in total. The quantitative estimate of drug-likeness (QED) is 0.524. The number of carbonyl (C=O) groups excluding carboxylic acids is 1. The summed E-state index contributed by atoms with van der Waals surface area (Å²) >= 11 is 0. The van der Waals surface area contributed by atoms with Crippen LogP contribution in [0.1, 0.15) is 21.5 Å². The second-order valence-corrected chi connectivity index (χ2v) is 6.55. The van der Waals surface area contributed by atoms with Crippen molar-refractivity contribution in [2.75, 3.05) is 10.6 Å². The predicted molar refractivity (Wildman–Crippen MR) is 112 cm³/mol. The van der Waals surface area contributed by atoms with Crippen LogP contribution >= 0.6 is 0 Å². The van der Waals surface area contributed by atoms with E-state index in [-0.39, 0.29) is 5.91 Å². The van der Waals surface area contributed by atoms with E-state index in [4.69, 9.17) is 0 Å². The zero-order valence-corrected chi connectivity index (χ0v) is 15.9. The summed E-state index contributed by atoms with van der Waals surface area (Å²) in [6.45, 7) is 2.73. The van der Waals surface area contributed by atoms with Crippen molar-refractivity contribution in [3.05, 3.63) is 95.9 Å². The molecule has 4 rings (SSSR count). The fraction of sp³-hybridized carbons (Fsp3) is 0.0909. The van der Waals surface area contributed by atoms with Gasteiger partial charge in [0.25, 0.3) is 5.91 Å². The molecular weight excluding hydrogens is 364 g/mol. The Morgan fingerprint density at radius 3 is 2.48 bits per heavy atom. The van der Waals surface area contributed by atoms with Crippen LogP contribution in [-0.2, 0) is 6.54 Å². The smallest absolute Gasteiger partial charge is 0.256 e. The Morgan fingerprint density at radius 2 is 1.72 bits per heavy atom. The van der Waals surface area contributed by atoms with Crippen LogP contribution in [0.2, 0.25) is 0 Å². The topological polar surface area (TPSA) is 84.7 Å². The van der Waals surface area contributed by atoms with Crippen LogP contribution in [0.15, 0.2) is 79.3 Å². The zero-order valence-electron chi connectivity index (χ0n) is 15.9. The lowest BCUT2D eigenvalue weighted by atomic mass is 10.1. The average molecular weight is 384 g/mol. The molecule has 7 heteroatoms. The number of rotatable bonds is 6. The minimum Gasteiger partial charge on any atom is -0.324 e. The Balaban J connectivity index is 1.38.